The van der Waals surface area contributed by atoms with Gasteiger partial charge in [0.05, 0.1) is 39.3 Å². The first-order valence-electron chi connectivity index (χ1n) is 13.1. The fourth-order valence-electron chi connectivity index (χ4n) is 3.64. The second-order valence-corrected chi connectivity index (χ2v) is 9.25. The number of nitro benzene ring substituents is 2. The molecule has 1 amide bonds. The summed E-state index contributed by atoms with van der Waals surface area (Å²) in [6, 6.07) is 18.4. The Morgan fingerprint density at radius 3 is 2.27 bits per heavy atom. The van der Waals surface area contributed by atoms with Crippen molar-refractivity contribution in [3.8, 4) is 6.07 Å². The highest BCUT2D eigenvalue weighted by Crippen LogP contribution is 2.30. The van der Waals surface area contributed by atoms with E-state index in [1.165, 1.54) is 6.92 Å². The lowest BCUT2D eigenvalue weighted by Crippen LogP contribution is -2.27. The van der Waals surface area contributed by atoms with Crippen molar-refractivity contribution in [2.75, 3.05) is 34.8 Å². The number of rotatable bonds is 12. The number of benzene rings is 3. The summed E-state index contributed by atoms with van der Waals surface area (Å²) >= 11 is 0. The fourth-order valence-corrected chi connectivity index (χ4v) is 3.64. The van der Waals surface area contributed by atoms with Crippen LogP contribution in [0.2, 0.25) is 0 Å². The van der Waals surface area contributed by atoms with Gasteiger partial charge in [0.15, 0.2) is 5.78 Å². The Balaban J connectivity index is 0.000000378. The third-order valence-corrected chi connectivity index (χ3v) is 5.91. The first kappa shape index (κ1) is 34.2. The number of ether oxygens (including phenoxy) is 1. The maximum Gasteiger partial charge on any atom is 0.308 e. The summed E-state index contributed by atoms with van der Waals surface area (Å²) in [7, 11) is 0. The molecule has 3 aromatic rings. The van der Waals surface area contributed by atoms with Crippen molar-refractivity contribution in [3.63, 3.8) is 0 Å². The van der Waals surface area contributed by atoms with Gasteiger partial charge < -0.3 is 26.4 Å². The second-order valence-electron chi connectivity index (χ2n) is 9.25. The second kappa shape index (κ2) is 16.4. The molecule has 0 saturated carbocycles. The number of amides is 1. The number of esters is 1. The highest BCUT2D eigenvalue weighted by molar-refractivity contribution is 5.94. The number of nitrogen functional groups attached to an aromatic ring is 2. The SMILES string of the molecule is CCC(=O)Nc1cc(N(CCC(=O)OCC(C)=O)Cc2ccccc2)ccc1N.N#Cc1cc([N+](=O)[O-])cc([N+](=O)[O-])c1N. The Bertz CT molecular complexity index is 1570. The number of carbonyl (C=O) groups is 3. The van der Waals surface area contributed by atoms with Gasteiger partial charge in [0, 0.05) is 31.3 Å². The van der Waals surface area contributed by atoms with Gasteiger partial charge in [0.2, 0.25) is 5.91 Å². The number of Topliss-reactive ketones (excluding diaryl/α,β-unsaturated/α-hetero) is 1. The summed E-state index contributed by atoms with van der Waals surface area (Å²) in [6.07, 6.45) is 0.473. The lowest BCUT2D eigenvalue weighted by molar-refractivity contribution is -0.393. The van der Waals surface area contributed by atoms with Crippen LogP contribution in [0.15, 0.2) is 60.7 Å². The van der Waals surface area contributed by atoms with Crippen LogP contribution in [0.3, 0.4) is 0 Å². The topological polar surface area (TPSA) is 238 Å². The zero-order valence-electron chi connectivity index (χ0n) is 24.0. The lowest BCUT2D eigenvalue weighted by atomic mass is 10.1. The Morgan fingerprint density at radius 2 is 1.70 bits per heavy atom. The van der Waals surface area contributed by atoms with E-state index >= 15 is 0 Å². The third-order valence-electron chi connectivity index (χ3n) is 5.91. The van der Waals surface area contributed by atoms with Gasteiger partial charge in [-0.05, 0) is 30.7 Å². The lowest BCUT2D eigenvalue weighted by Gasteiger charge is -2.26. The number of nitro groups is 2. The first-order valence-corrected chi connectivity index (χ1v) is 13.1. The molecule has 0 bridgehead atoms. The molecule has 3 aromatic carbocycles. The molecule has 3 rings (SSSR count). The number of nitriles is 1. The first-order chi connectivity index (χ1) is 20.9. The number of hydrogen-bond acceptors (Lipinski definition) is 12. The predicted molar refractivity (Wildman–Crippen MR) is 162 cm³/mol. The van der Waals surface area contributed by atoms with E-state index in [1.54, 1.807) is 25.1 Å². The van der Waals surface area contributed by atoms with Crippen molar-refractivity contribution in [1.29, 1.82) is 5.26 Å². The van der Waals surface area contributed by atoms with Gasteiger partial charge in [-0.2, -0.15) is 5.26 Å². The van der Waals surface area contributed by atoms with Crippen molar-refractivity contribution in [2.24, 2.45) is 0 Å². The van der Waals surface area contributed by atoms with E-state index < -0.39 is 27.2 Å². The molecule has 0 spiro atoms. The van der Waals surface area contributed by atoms with E-state index in [0.29, 0.717) is 30.9 Å². The van der Waals surface area contributed by atoms with Gasteiger partial charge >= 0.3 is 5.97 Å². The highest BCUT2D eigenvalue weighted by atomic mass is 16.6. The molecular weight excluding hydrogens is 574 g/mol. The van der Waals surface area contributed by atoms with E-state index in [2.05, 4.69) is 5.32 Å². The summed E-state index contributed by atoms with van der Waals surface area (Å²) < 4.78 is 4.96. The molecule has 230 valence electrons. The van der Waals surface area contributed by atoms with Crippen LogP contribution in [0.1, 0.15) is 37.8 Å². The predicted octanol–water partition coefficient (Wildman–Crippen LogP) is 4.10. The summed E-state index contributed by atoms with van der Waals surface area (Å²) in [5.74, 6) is -0.765. The molecule has 0 aliphatic heterocycles. The molecule has 0 radical (unpaired) electrons. The summed E-state index contributed by atoms with van der Waals surface area (Å²) in [6.45, 7) is 3.87. The van der Waals surface area contributed by atoms with E-state index in [1.807, 2.05) is 41.3 Å². The molecular formula is C29H31N7O8. The molecule has 0 heterocycles. The molecule has 5 N–H and O–H groups in total. The molecule has 15 heteroatoms. The fraction of sp³-hybridized carbons (Fsp3) is 0.241. The molecule has 0 aromatic heterocycles. The molecule has 15 nitrogen and oxygen atoms in total. The van der Waals surface area contributed by atoms with E-state index in [-0.39, 0.29) is 36.0 Å². The maximum absolute atomic E-state index is 12.0. The molecule has 0 saturated heterocycles. The Kier molecular flexibility index (Phi) is 12.7. The van der Waals surface area contributed by atoms with Crippen molar-refractivity contribution >= 4 is 51.8 Å². The minimum Gasteiger partial charge on any atom is -0.458 e. The minimum absolute atomic E-state index is 0.126. The maximum atomic E-state index is 12.0. The average Bonchev–Trinajstić information content (AvgIpc) is 2.99. The van der Waals surface area contributed by atoms with Gasteiger partial charge in [-0.3, -0.25) is 34.6 Å². The Morgan fingerprint density at radius 1 is 1.02 bits per heavy atom. The number of anilines is 4. The van der Waals surface area contributed by atoms with Crippen molar-refractivity contribution < 1.29 is 29.0 Å². The van der Waals surface area contributed by atoms with Crippen LogP contribution in [-0.4, -0.2) is 40.7 Å². The number of hydrogen-bond donors (Lipinski definition) is 3. The van der Waals surface area contributed by atoms with E-state index in [0.717, 1.165) is 23.4 Å². The normalized spacial score (nSPS) is 9.93. The van der Waals surface area contributed by atoms with Crippen LogP contribution < -0.4 is 21.7 Å². The number of carbonyl (C=O) groups excluding carboxylic acids is 3. The Hall–Kier alpha value is -6.04. The number of nitrogens with zero attached hydrogens (tertiary/aromatic N) is 4. The zero-order chi connectivity index (χ0) is 32.8. The van der Waals surface area contributed by atoms with Gasteiger partial charge in [0.1, 0.15) is 18.4 Å². The van der Waals surface area contributed by atoms with Gasteiger partial charge in [-0.25, -0.2) is 0 Å². The molecule has 0 aliphatic carbocycles. The quantitative estimate of drug-likeness (QED) is 0.114. The van der Waals surface area contributed by atoms with Crippen LogP contribution >= 0.6 is 0 Å². The van der Waals surface area contributed by atoms with E-state index in [9.17, 15) is 34.6 Å². The number of nitrogens with two attached hydrogens (primary N) is 2. The largest absolute Gasteiger partial charge is 0.458 e. The van der Waals surface area contributed by atoms with Crippen LogP contribution in [0.5, 0.6) is 0 Å². The van der Waals surface area contributed by atoms with Gasteiger partial charge in [-0.15, -0.1) is 0 Å². The van der Waals surface area contributed by atoms with Crippen LogP contribution in [0.4, 0.5) is 34.1 Å². The van der Waals surface area contributed by atoms with Crippen LogP contribution in [-0.2, 0) is 25.7 Å². The third kappa shape index (κ3) is 10.4. The van der Waals surface area contributed by atoms with Crippen LogP contribution in [0.25, 0.3) is 0 Å². The standard InChI is InChI=1S/C22H27N3O4.C7H4N4O4/c1-3-21(27)24-20-13-18(9-10-19(20)23)25(14-17-7-5-4-6-8-17)12-11-22(28)29-15-16(2)26;8-3-4-1-5(10(12)13)2-6(7(4)9)11(14)15/h4-10,13H,3,11-12,14-15,23H2,1-2H3,(H,24,27);1-2H,9H2. The summed E-state index contributed by atoms with van der Waals surface area (Å²) in [5.41, 5.74) is 12.3. The molecule has 0 aliphatic rings. The smallest absolute Gasteiger partial charge is 0.308 e. The van der Waals surface area contributed by atoms with Crippen molar-refractivity contribution in [2.45, 2.75) is 33.2 Å². The number of ketones is 1. The minimum atomic E-state index is -0.872. The van der Waals surface area contributed by atoms with Gasteiger partial charge in [0.25, 0.3) is 11.4 Å². The highest BCUT2D eigenvalue weighted by Gasteiger charge is 2.22. The monoisotopic (exact) mass is 605 g/mol. The molecule has 0 atom stereocenters. The van der Waals surface area contributed by atoms with Gasteiger partial charge in [-0.1, -0.05) is 37.3 Å². The molecule has 0 unspecified atom stereocenters. The van der Waals surface area contributed by atoms with Crippen LogP contribution in [0, 0.1) is 31.6 Å². The summed E-state index contributed by atoms with van der Waals surface area (Å²) in [4.78, 5) is 55.9. The van der Waals surface area contributed by atoms with Crippen molar-refractivity contribution in [1.82, 2.24) is 0 Å². The zero-order valence-corrected chi connectivity index (χ0v) is 24.0. The summed E-state index contributed by atoms with van der Waals surface area (Å²) in [5, 5.41) is 32.2. The Labute approximate surface area is 252 Å². The number of nitrogens with one attached hydrogen (secondary N) is 1. The van der Waals surface area contributed by atoms with E-state index in [4.69, 9.17) is 21.5 Å². The molecule has 44 heavy (non-hydrogen) atoms. The van der Waals surface area contributed by atoms with Crippen molar-refractivity contribution in [3.05, 3.63) is 92.0 Å². The molecule has 0 fully saturated rings. The number of non-ortho nitro benzene ring substituents is 1. The average molecular weight is 606 g/mol.